The van der Waals surface area contributed by atoms with E-state index in [0.29, 0.717) is 11.5 Å². The maximum atomic E-state index is 8.75. The van der Waals surface area contributed by atoms with E-state index >= 15 is 0 Å². The van der Waals surface area contributed by atoms with Crippen molar-refractivity contribution in [3.8, 4) is 11.5 Å². The number of hydrogen-bond acceptors (Lipinski definition) is 2. The molecule has 0 bridgehead atoms. The average molecular weight is 774 g/mol. The van der Waals surface area contributed by atoms with Crippen molar-refractivity contribution in [2.75, 3.05) is 0 Å². The van der Waals surface area contributed by atoms with Crippen LogP contribution in [0.4, 0.5) is 0 Å². The van der Waals surface area contributed by atoms with E-state index in [1.165, 1.54) is 44.5 Å². The van der Waals surface area contributed by atoms with Crippen molar-refractivity contribution in [1.29, 1.82) is 0 Å². The van der Waals surface area contributed by atoms with Gasteiger partial charge in [-0.25, -0.2) is 0 Å². The molecule has 35 heavy (non-hydrogen) atoms. The second-order valence-electron chi connectivity index (χ2n) is 8.47. The van der Waals surface area contributed by atoms with E-state index in [4.69, 9.17) is 10.2 Å². The first-order valence-electron chi connectivity index (χ1n) is 11.1. The molecule has 0 unspecified atom stereocenters. The average Bonchev–Trinajstić information content (AvgIpc) is 3.16. The summed E-state index contributed by atoms with van der Waals surface area (Å²) in [6.45, 7) is 17.4. The molecular formula is C30H36I2O2Zr. The van der Waals surface area contributed by atoms with Crippen molar-refractivity contribution in [3.05, 3.63) is 112 Å². The first kappa shape index (κ1) is 34.1. The largest absolute Gasteiger partial charge is 2.00 e. The molecule has 0 aliphatic carbocycles. The summed E-state index contributed by atoms with van der Waals surface area (Å²) in [5.41, 5.74) is 11.5. The Morgan fingerprint density at radius 1 is 0.543 bits per heavy atom. The van der Waals surface area contributed by atoms with Crippen molar-refractivity contribution in [3.63, 3.8) is 0 Å². The molecule has 0 saturated heterocycles. The zero-order chi connectivity index (χ0) is 26.0. The van der Waals surface area contributed by atoms with Crippen LogP contribution in [-0.2, 0) is 26.2 Å². The van der Waals surface area contributed by atoms with Crippen LogP contribution in [-0.4, -0.2) is 10.2 Å². The SMILES string of the molecule is Cc1c[c-](C)c(C)c1C.Cc1c[c-](C)c(C)c1C.Oc1ccc(I)cc1.Oc1ccc(I)cc1.[Zr+2]. The summed E-state index contributed by atoms with van der Waals surface area (Å²) in [6.07, 6.45) is 0. The molecule has 0 aliphatic heterocycles. The zero-order valence-corrected chi connectivity index (χ0v) is 28.7. The molecule has 186 valence electrons. The molecule has 0 saturated carbocycles. The van der Waals surface area contributed by atoms with Gasteiger partial charge in [0.2, 0.25) is 0 Å². The van der Waals surface area contributed by atoms with Crippen LogP contribution in [0, 0.1) is 62.5 Å². The molecule has 2 nitrogen and oxygen atoms in total. The Hall–Kier alpha value is -0.917. The van der Waals surface area contributed by atoms with Gasteiger partial charge in [-0.05, 0) is 93.7 Å². The predicted molar refractivity (Wildman–Crippen MR) is 164 cm³/mol. The molecular weight excluding hydrogens is 737 g/mol. The number of aromatic hydroxyl groups is 2. The number of benzene rings is 2. The smallest absolute Gasteiger partial charge is 0.508 e. The van der Waals surface area contributed by atoms with Crippen LogP contribution in [0.5, 0.6) is 11.5 Å². The minimum atomic E-state index is 0. The molecule has 4 aromatic carbocycles. The van der Waals surface area contributed by atoms with Gasteiger partial charge in [0, 0.05) is 7.14 Å². The van der Waals surface area contributed by atoms with E-state index < -0.39 is 0 Å². The summed E-state index contributed by atoms with van der Waals surface area (Å²) in [5, 5.41) is 17.5. The van der Waals surface area contributed by atoms with E-state index in [1.807, 2.05) is 24.3 Å². The molecule has 0 fully saturated rings. The fraction of sp³-hybridized carbons (Fsp3) is 0.267. The van der Waals surface area contributed by atoms with Gasteiger partial charge in [0.15, 0.2) is 0 Å². The molecule has 4 aromatic rings. The molecule has 0 spiro atoms. The molecule has 0 aliphatic rings. The summed E-state index contributed by atoms with van der Waals surface area (Å²) in [4.78, 5) is 0. The monoisotopic (exact) mass is 772 g/mol. The summed E-state index contributed by atoms with van der Waals surface area (Å²) >= 11 is 4.37. The summed E-state index contributed by atoms with van der Waals surface area (Å²) in [6, 6.07) is 18.6. The predicted octanol–water partition coefficient (Wildman–Crippen LogP) is 9.27. The van der Waals surface area contributed by atoms with Gasteiger partial charge in [-0.1, -0.05) is 55.4 Å². The summed E-state index contributed by atoms with van der Waals surface area (Å²) in [7, 11) is 0. The van der Waals surface area contributed by atoms with Crippen LogP contribution in [0.1, 0.15) is 44.5 Å². The third-order valence-electron chi connectivity index (χ3n) is 6.01. The van der Waals surface area contributed by atoms with Crippen molar-refractivity contribution in [1.82, 2.24) is 0 Å². The Morgan fingerprint density at radius 2 is 0.800 bits per heavy atom. The molecule has 0 atom stereocenters. The van der Waals surface area contributed by atoms with Crippen LogP contribution in [0.3, 0.4) is 0 Å². The quantitative estimate of drug-likeness (QED) is 0.138. The Morgan fingerprint density at radius 3 is 0.914 bits per heavy atom. The fourth-order valence-electron chi connectivity index (χ4n) is 3.15. The minimum absolute atomic E-state index is 0. The van der Waals surface area contributed by atoms with Gasteiger partial charge < -0.3 is 10.2 Å². The van der Waals surface area contributed by atoms with Gasteiger partial charge in [0.05, 0.1) is 0 Å². The third kappa shape index (κ3) is 12.2. The number of phenolic OH excluding ortho intramolecular Hbond substituents is 2. The number of hydrogen-bond donors (Lipinski definition) is 2. The standard InChI is InChI=1S/2C9H13.2C6H5IO.Zr/c2*1-6-5-7(2)9(4)8(6)3;2*7-5-1-3-6(8)4-2-5;/h2*5H,1-4H3;2*1-4,8H;/q2*-1;;;+2. The van der Waals surface area contributed by atoms with Crippen molar-refractivity contribution < 1.29 is 36.4 Å². The minimum Gasteiger partial charge on any atom is -0.508 e. The van der Waals surface area contributed by atoms with Gasteiger partial charge in [-0.2, -0.15) is 56.6 Å². The first-order chi connectivity index (χ1) is 15.8. The van der Waals surface area contributed by atoms with Crippen LogP contribution >= 0.6 is 45.2 Å². The Bertz CT molecular complexity index is 974. The maximum Gasteiger partial charge on any atom is 2.00 e. The molecule has 0 heterocycles. The molecule has 0 aromatic heterocycles. The number of aryl methyl sites for hydroxylation is 4. The molecule has 5 heteroatoms. The van der Waals surface area contributed by atoms with Gasteiger partial charge in [-0.15, -0.1) is 0 Å². The molecule has 0 amide bonds. The zero-order valence-electron chi connectivity index (χ0n) is 21.9. The summed E-state index contributed by atoms with van der Waals surface area (Å²) < 4.78 is 2.28. The van der Waals surface area contributed by atoms with Gasteiger partial charge >= 0.3 is 26.2 Å². The number of halogens is 2. The van der Waals surface area contributed by atoms with Crippen LogP contribution in [0.2, 0.25) is 0 Å². The van der Waals surface area contributed by atoms with Crippen molar-refractivity contribution in [2.24, 2.45) is 0 Å². The normalized spacial score (nSPS) is 9.43. The molecule has 2 N–H and O–H groups in total. The van der Waals surface area contributed by atoms with Gasteiger partial charge in [0.25, 0.3) is 0 Å². The molecule has 0 radical (unpaired) electrons. The topological polar surface area (TPSA) is 40.5 Å². The Balaban J connectivity index is 0.000000437. The third-order valence-corrected chi connectivity index (χ3v) is 7.45. The van der Waals surface area contributed by atoms with Crippen LogP contribution < -0.4 is 0 Å². The first-order valence-corrected chi connectivity index (χ1v) is 13.3. The number of phenols is 2. The second-order valence-corrected chi connectivity index (χ2v) is 11.0. The van der Waals surface area contributed by atoms with Crippen LogP contribution in [0.15, 0.2) is 60.7 Å². The Labute approximate surface area is 258 Å². The van der Waals surface area contributed by atoms with Gasteiger partial charge in [0.1, 0.15) is 11.5 Å². The number of rotatable bonds is 0. The van der Waals surface area contributed by atoms with Crippen LogP contribution in [0.25, 0.3) is 0 Å². The van der Waals surface area contributed by atoms with E-state index in [9.17, 15) is 0 Å². The molecule has 4 rings (SSSR count). The van der Waals surface area contributed by atoms with Gasteiger partial charge in [-0.3, -0.25) is 0 Å². The van der Waals surface area contributed by atoms with Crippen molar-refractivity contribution >= 4 is 45.2 Å². The maximum absolute atomic E-state index is 8.75. The summed E-state index contributed by atoms with van der Waals surface area (Å²) in [5.74, 6) is 0.649. The van der Waals surface area contributed by atoms with Crippen molar-refractivity contribution in [2.45, 2.75) is 55.4 Å². The fourth-order valence-corrected chi connectivity index (χ4v) is 3.87. The van der Waals surface area contributed by atoms with E-state index in [1.54, 1.807) is 24.3 Å². The second kappa shape index (κ2) is 16.8. The van der Waals surface area contributed by atoms with E-state index in [0.717, 1.165) is 7.14 Å². The van der Waals surface area contributed by atoms with E-state index in [2.05, 4.69) is 113 Å². The van der Waals surface area contributed by atoms with E-state index in [-0.39, 0.29) is 26.2 Å². The Kier molecular flexibility index (Phi) is 16.3.